The normalized spacial score (nSPS) is 15.1. The minimum absolute atomic E-state index is 0.101. The van der Waals surface area contributed by atoms with Gasteiger partial charge in [0.05, 0.1) is 28.1 Å². The first-order chi connectivity index (χ1) is 25.1. The van der Waals surface area contributed by atoms with E-state index in [2.05, 4.69) is 36.7 Å². The molecule has 2 N–H and O–H groups in total. The minimum Gasteiger partial charge on any atom is -0.372 e. The Morgan fingerprint density at radius 3 is 2.60 bits per heavy atom. The summed E-state index contributed by atoms with van der Waals surface area (Å²) >= 11 is 5.73. The third kappa shape index (κ3) is 8.08. The number of benzene rings is 3. The number of piperidine rings is 1. The van der Waals surface area contributed by atoms with Crippen molar-refractivity contribution in [2.45, 2.75) is 44.9 Å². The number of carbonyl (C=O) groups is 2. The molecule has 0 atom stereocenters. The number of hydrogen-bond donors (Lipinski definition) is 2. The van der Waals surface area contributed by atoms with Crippen molar-refractivity contribution in [1.82, 2.24) is 20.3 Å². The molecule has 2 amide bonds. The highest BCUT2D eigenvalue weighted by Gasteiger charge is 2.33. The van der Waals surface area contributed by atoms with Crippen LogP contribution in [0.4, 0.5) is 24.5 Å². The molecule has 0 radical (unpaired) electrons. The molecule has 2 aromatic heterocycles. The van der Waals surface area contributed by atoms with Gasteiger partial charge in [0.1, 0.15) is 0 Å². The molecule has 0 spiro atoms. The highest BCUT2D eigenvalue weighted by atomic mass is 35.5. The highest BCUT2D eigenvalue weighted by molar-refractivity contribution is 6.31. The van der Waals surface area contributed by atoms with E-state index < -0.39 is 28.6 Å². The number of anilines is 2. The Morgan fingerprint density at radius 2 is 1.77 bits per heavy atom. The molecule has 5 aromatic rings. The van der Waals surface area contributed by atoms with E-state index in [0.717, 1.165) is 98.2 Å². The van der Waals surface area contributed by atoms with E-state index >= 15 is 0 Å². The summed E-state index contributed by atoms with van der Waals surface area (Å²) in [5.41, 5.74) is 7.16. The summed E-state index contributed by atoms with van der Waals surface area (Å²) in [7, 11) is 0. The Morgan fingerprint density at radius 1 is 0.923 bits per heavy atom. The van der Waals surface area contributed by atoms with Gasteiger partial charge in [-0.3, -0.25) is 14.5 Å². The topological polar surface area (TPSA) is 103 Å². The molecule has 0 saturated carbocycles. The number of carbonyl (C=O) groups excluding carboxylic acids is 2. The first kappa shape index (κ1) is 35.1. The van der Waals surface area contributed by atoms with E-state index in [4.69, 9.17) is 16.6 Å². The lowest BCUT2D eigenvalue weighted by Crippen LogP contribution is -2.30. The molecule has 0 bridgehead atoms. The fourth-order valence-corrected chi connectivity index (χ4v) is 6.89. The summed E-state index contributed by atoms with van der Waals surface area (Å²) in [5, 5.41) is 7.39. The van der Waals surface area contributed by atoms with Crippen molar-refractivity contribution in [3.63, 3.8) is 0 Å². The molecular weight excluding hydrogens is 691 g/mol. The summed E-state index contributed by atoms with van der Waals surface area (Å²) in [5.74, 6) is -1.02. The zero-order chi connectivity index (χ0) is 36.2. The average molecular weight is 726 g/mol. The Bertz CT molecular complexity index is 2170. The lowest BCUT2D eigenvalue weighted by molar-refractivity contribution is -0.137. The van der Waals surface area contributed by atoms with Crippen LogP contribution < -0.4 is 15.6 Å². The largest absolute Gasteiger partial charge is 0.417 e. The summed E-state index contributed by atoms with van der Waals surface area (Å²) < 4.78 is 40.0. The predicted octanol–water partition coefficient (Wildman–Crippen LogP) is 7.87. The molecule has 4 heterocycles. The van der Waals surface area contributed by atoms with Crippen molar-refractivity contribution in [2.24, 2.45) is 5.10 Å². The summed E-state index contributed by atoms with van der Waals surface area (Å²) in [6, 6.07) is 22.1. The van der Waals surface area contributed by atoms with Crippen molar-refractivity contribution in [3.05, 3.63) is 129 Å². The van der Waals surface area contributed by atoms with E-state index in [-0.39, 0.29) is 16.8 Å². The van der Waals surface area contributed by atoms with E-state index in [1.54, 1.807) is 24.4 Å². The molecular formula is C39H35ClF3N7O2. The molecule has 2 aliphatic rings. The first-order valence-electron chi connectivity index (χ1n) is 17.1. The Labute approximate surface area is 303 Å². The van der Waals surface area contributed by atoms with Crippen LogP contribution in [0.5, 0.6) is 0 Å². The zero-order valence-electron chi connectivity index (χ0n) is 28.1. The van der Waals surface area contributed by atoms with Gasteiger partial charge in [-0.15, -0.1) is 0 Å². The van der Waals surface area contributed by atoms with Gasteiger partial charge in [0, 0.05) is 67.7 Å². The summed E-state index contributed by atoms with van der Waals surface area (Å²) in [4.78, 5) is 40.8. The second kappa shape index (κ2) is 15.1. The van der Waals surface area contributed by atoms with Crippen LogP contribution in [0.15, 0.2) is 90.2 Å². The molecule has 266 valence electrons. The molecule has 2 aliphatic heterocycles. The van der Waals surface area contributed by atoms with Gasteiger partial charge in [0.25, 0.3) is 11.8 Å². The lowest BCUT2D eigenvalue weighted by atomic mass is 10.0. The first-order valence-corrected chi connectivity index (χ1v) is 17.4. The van der Waals surface area contributed by atoms with Crippen molar-refractivity contribution in [1.29, 1.82) is 0 Å². The van der Waals surface area contributed by atoms with Crippen LogP contribution in [0.3, 0.4) is 0 Å². The van der Waals surface area contributed by atoms with Crippen LogP contribution in [-0.4, -0.2) is 52.5 Å². The van der Waals surface area contributed by atoms with Crippen molar-refractivity contribution < 1.29 is 22.8 Å². The van der Waals surface area contributed by atoms with Crippen LogP contribution in [-0.2, 0) is 25.7 Å². The number of amides is 2. The molecule has 52 heavy (non-hydrogen) atoms. The molecule has 0 aliphatic carbocycles. The number of aromatic nitrogens is 2. The van der Waals surface area contributed by atoms with Crippen LogP contribution in [0.25, 0.3) is 11.0 Å². The molecule has 7 rings (SSSR count). The van der Waals surface area contributed by atoms with E-state index in [1.165, 1.54) is 11.6 Å². The fraction of sp³-hybridized carbons (Fsp3) is 0.256. The quantitative estimate of drug-likeness (QED) is 0.125. The minimum atomic E-state index is -4.64. The average Bonchev–Trinajstić information content (AvgIpc) is 3.14. The molecule has 9 nitrogen and oxygen atoms in total. The molecule has 0 unspecified atom stereocenters. The number of fused-ring (bicyclic) bond motifs is 2. The van der Waals surface area contributed by atoms with Gasteiger partial charge in [-0.25, -0.2) is 15.4 Å². The van der Waals surface area contributed by atoms with Gasteiger partial charge < -0.3 is 10.2 Å². The fourth-order valence-electron chi connectivity index (χ4n) is 6.67. The SMILES string of the molecule is O=C(Nc1ccc(N2CCCCC2)cc1C(=O)NN=Cc1ccc(Cl)c(C(F)(F)F)c1)c1cccc(CN2CCc3nc4ncccc4cc3C2)c1. The van der Waals surface area contributed by atoms with E-state index in [9.17, 15) is 22.8 Å². The number of pyridine rings is 2. The van der Waals surface area contributed by atoms with E-state index in [0.29, 0.717) is 12.1 Å². The molecule has 13 heteroatoms. The smallest absolute Gasteiger partial charge is 0.372 e. The number of hydrogen-bond acceptors (Lipinski definition) is 7. The number of halogens is 4. The van der Waals surface area contributed by atoms with Gasteiger partial charge >= 0.3 is 6.18 Å². The summed E-state index contributed by atoms with van der Waals surface area (Å²) in [6.45, 7) is 3.86. The van der Waals surface area contributed by atoms with Crippen LogP contribution >= 0.6 is 11.6 Å². The monoisotopic (exact) mass is 725 g/mol. The van der Waals surface area contributed by atoms with Gasteiger partial charge in [-0.1, -0.05) is 29.8 Å². The van der Waals surface area contributed by atoms with Gasteiger partial charge in [-0.05, 0) is 96.6 Å². The van der Waals surface area contributed by atoms with Crippen molar-refractivity contribution in [3.8, 4) is 0 Å². The standard InChI is InChI=1S/C39H35ClF3N7O2/c40-33-11-9-25(19-32(33)39(41,42)43)22-45-48-38(52)31-21-30(50-15-2-1-3-16-50)10-12-35(31)47-37(51)28-7-4-6-26(18-28)23-49-17-13-34-29(24-49)20-27-8-5-14-44-36(27)46-34/h4-12,14,18-22H,1-3,13,15-17,23-24H2,(H,47,51)(H,48,52). The number of rotatable bonds is 8. The number of nitrogens with one attached hydrogen (secondary N) is 2. The lowest BCUT2D eigenvalue weighted by Gasteiger charge is -2.29. The second-order valence-corrected chi connectivity index (χ2v) is 13.4. The van der Waals surface area contributed by atoms with Gasteiger partial charge in [0.15, 0.2) is 5.65 Å². The Kier molecular flexibility index (Phi) is 10.2. The van der Waals surface area contributed by atoms with Crippen LogP contribution in [0, 0.1) is 0 Å². The maximum Gasteiger partial charge on any atom is 0.417 e. The van der Waals surface area contributed by atoms with Crippen molar-refractivity contribution >= 4 is 52.0 Å². The maximum absolute atomic E-state index is 13.6. The molecule has 1 saturated heterocycles. The molecule has 1 fully saturated rings. The summed E-state index contributed by atoms with van der Waals surface area (Å²) in [6.07, 6.45) is 2.20. The zero-order valence-corrected chi connectivity index (χ0v) is 28.8. The second-order valence-electron chi connectivity index (χ2n) is 13.0. The Hall–Kier alpha value is -5.33. The third-order valence-electron chi connectivity index (χ3n) is 9.30. The predicted molar refractivity (Wildman–Crippen MR) is 196 cm³/mol. The van der Waals surface area contributed by atoms with Crippen molar-refractivity contribution in [2.75, 3.05) is 29.9 Å². The van der Waals surface area contributed by atoms with E-state index in [1.807, 2.05) is 36.4 Å². The van der Waals surface area contributed by atoms with Gasteiger partial charge in [-0.2, -0.15) is 18.3 Å². The third-order valence-corrected chi connectivity index (χ3v) is 9.63. The number of alkyl halides is 3. The Balaban J connectivity index is 1.07. The number of hydrazone groups is 1. The van der Waals surface area contributed by atoms with Crippen LogP contribution in [0.2, 0.25) is 5.02 Å². The highest BCUT2D eigenvalue weighted by Crippen LogP contribution is 2.35. The van der Waals surface area contributed by atoms with Crippen LogP contribution in [0.1, 0.15) is 67.9 Å². The number of nitrogens with zero attached hydrogens (tertiary/aromatic N) is 5. The van der Waals surface area contributed by atoms with Gasteiger partial charge in [0.2, 0.25) is 0 Å². The maximum atomic E-state index is 13.6. The molecule has 3 aromatic carbocycles.